The van der Waals surface area contributed by atoms with Gasteiger partial charge in [-0.25, -0.2) is 0 Å². The molecular formula is C6H14NO2+. The Balaban J connectivity index is 3.39. The van der Waals surface area contributed by atoms with E-state index in [-0.39, 0.29) is 6.42 Å². The third kappa shape index (κ3) is 7.43. The van der Waals surface area contributed by atoms with Crippen molar-refractivity contribution in [3.8, 4) is 0 Å². The van der Waals surface area contributed by atoms with Crippen LogP contribution in [0, 0.1) is 0 Å². The highest BCUT2D eigenvalue weighted by molar-refractivity contribution is 5.66. The minimum Gasteiger partial charge on any atom is -0.481 e. The summed E-state index contributed by atoms with van der Waals surface area (Å²) in [6.07, 6.45) is 0.253. The van der Waals surface area contributed by atoms with Gasteiger partial charge in [0.05, 0.1) is 34.1 Å². The Kier molecular flexibility index (Phi) is 2.65. The van der Waals surface area contributed by atoms with Crippen LogP contribution in [0.4, 0.5) is 0 Å². The zero-order valence-electron chi connectivity index (χ0n) is 6.22. The van der Waals surface area contributed by atoms with Gasteiger partial charge in [0.25, 0.3) is 0 Å². The van der Waals surface area contributed by atoms with E-state index in [1.165, 1.54) is 0 Å². The van der Waals surface area contributed by atoms with Crippen LogP contribution in [0.15, 0.2) is 0 Å². The first kappa shape index (κ1) is 8.43. The molecule has 0 heterocycles. The van der Waals surface area contributed by atoms with Crippen molar-refractivity contribution in [3.63, 3.8) is 0 Å². The largest absolute Gasteiger partial charge is 0.481 e. The topological polar surface area (TPSA) is 37.3 Å². The van der Waals surface area contributed by atoms with Gasteiger partial charge in [0.2, 0.25) is 0 Å². The number of nitrogens with zero attached hydrogens (tertiary/aromatic N) is 1. The summed E-state index contributed by atoms with van der Waals surface area (Å²) in [5, 5.41) is 8.27. The minimum absolute atomic E-state index is 0.253. The lowest BCUT2D eigenvalue weighted by Gasteiger charge is -2.22. The molecule has 0 aromatic heterocycles. The number of carboxylic acid groups (broad SMARTS) is 1. The maximum atomic E-state index is 10.0. The molecule has 9 heavy (non-hydrogen) atoms. The van der Waals surface area contributed by atoms with Crippen molar-refractivity contribution in [1.29, 1.82) is 0 Å². The van der Waals surface area contributed by atoms with Gasteiger partial charge >= 0.3 is 5.97 Å². The lowest BCUT2D eigenvalue weighted by atomic mass is 10.3. The second kappa shape index (κ2) is 2.82. The normalized spacial score (nSPS) is 11.4. The molecule has 0 bridgehead atoms. The predicted octanol–water partition coefficient (Wildman–Crippen LogP) is 0.167. The Morgan fingerprint density at radius 3 is 2.00 bits per heavy atom. The average Bonchev–Trinajstić information content (AvgIpc) is 1.59. The van der Waals surface area contributed by atoms with Crippen LogP contribution in [0.1, 0.15) is 6.42 Å². The molecule has 0 aliphatic rings. The number of carbonyl (C=O) groups is 1. The molecule has 3 heteroatoms. The van der Waals surface area contributed by atoms with Gasteiger partial charge in [-0.3, -0.25) is 4.79 Å². The van der Waals surface area contributed by atoms with Crippen LogP contribution in [0.2, 0.25) is 0 Å². The Hall–Kier alpha value is -0.570. The summed E-state index contributed by atoms with van der Waals surface area (Å²) >= 11 is 0. The first-order chi connectivity index (χ1) is 3.92. The van der Waals surface area contributed by atoms with Crippen molar-refractivity contribution >= 4 is 5.97 Å². The third-order valence-electron chi connectivity index (χ3n) is 0.996. The van der Waals surface area contributed by atoms with Crippen molar-refractivity contribution in [2.45, 2.75) is 6.42 Å². The number of aliphatic carboxylic acids is 1. The zero-order valence-corrected chi connectivity index (χ0v) is 6.22. The molecular weight excluding hydrogens is 117 g/mol. The molecule has 1 N–H and O–H groups in total. The molecule has 0 aromatic rings. The molecule has 0 rings (SSSR count). The van der Waals surface area contributed by atoms with Crippen molar-refractivity contribution in [2.75, 3.05) is 27.7 Å². The van der Waals surface area contributed by atoms with E-state index in [1.807, 2.05) is 21.1 Å². The van der Waals surface area contributed by atoms with E-state index in [2.05, 4.69) is 0 Å². The van der Waals surface area contributed by atoms with E-state index in [0.717, 1.165) is 0 Å². The highest BCUT2D eigenvalue weighted by atomic mass is 16.4. The van der Waals surface area contributed by atoms with Gasteiger partial charge in [0.1, 0.15) is 0 Å². The number of hydrogen-bond acceptors (Lipinski definition) is 1. The molecule has 0 atom stereocenters. The van der Waals surface area contributed by atoms with Gasteiger partial charge in [-0.1, -0.05) is 0 Å². The highest BCUT2D eigenvalue weighted by Gasteiger charge is 2.08. The van der Waals surface area contributed by atoms with Gasteiger partial charge in [-0.15, -0.1) is 0 Å². The molecule has 0 radical (unpaired) electrons. The fourth-order valence-electron chi connectivity index (χ4n) is 0.431. The molecule has 0 saturated heterocycles. The molecule has 54 valence electrons. The molecule has 0 unspecified atom stereocenters. The maximum absolute atomic E-state index is 10.0. The molecule has 0 saturated carbocycles. The summed E-state index contributed by atoms with van der Waals surface area (Å²) in [7, 11) is 5.93. The van der Waals surface area contributed by atoms with Crippen molar-refractivity contribution in [3.05, 3.63) is 0 Å². The fraction of sp³-hybridized carbons (Fsp3) is 0.833. The number of quaternary nitrogens is 1. The van der Waals surface area contributed by atoms with E-state index >= 15 is 0 Å². The molecule has 0 aliphatic heterocycles. The number of rotatable bonds is 3. The van der Waals surface area contributed by atoms with Crippen molar-refractivity contribution in [2.24, 2.45) is 0 Å². The van der Waals surface area contributed by atoms with Crippen LogP contribution in [0.25, 0.3) is 0 Å². The first-order valence-electron chi connectivity index (χ1n) is 2.94. The molecule has 0 amide bonds. The predicted molar refractivity (Wildman–Crippen MR) is 35.2 cm³/mol. The SMILES string of the molecule is C[N+](C)([11CH3])CCC(=O)O. The van der Waals surface area contributed by atoms with Crippen LogP contribution in [0.5, 0.6) is 0 Å². The van der Waals surface area contributed by atoms with Gasteiger partial charge < -0.3 is 9.59 Å². The van der Waals surface area contributed by atoms with Gasteiger partial charge in [0.15, 0.2) is 0 Å². The summed E-state index contributed by atoms with van der Waals surface area (Å²) in [5.74, 6) is -0.719. The lowest BCUT2D eigenvalue weighted by molar-refractivity contribution is -0.869. The van der Waals surface area contributed by atoms with Gasteiger partial charge in [-0.2, -0.15) is 0 Å². The molecule has 0 aromatic carbocycles. The minimum atomic E-state index is -0.719. The highest BCUT2D eigenvalue weighted by Crippen LogP contribution is 1.92. The number of carboxylic acids is 1. The van der Waals surface area contributed by atoms with E-state index in [1.54, 1.807) is 0 Å². The molecule has 0 spiro atoms. The van der Waals surface area contributed by atoms with E-state index in [0.29, 0.717) is 11.0 Å². The Bertz CT molecular complexity index is 104. The quantitative estimate of drug-likeness (QED) is 0.554. The average molecular weight is 131 g/mol. The molecule has 0 fully saturated rings. The summed E-state index contributed by atoms with van der Waals surface area (Å²) in [5.41, 5.74) is 0. The van der Waals surface area contributed by atoms with Crippen LogP contribution >= 0.6 is 0 Å². The molecule has 0 aliphatic carbocycles. The summed E-state index contributed by atoms with van der Waals surface area (Å²) in [4.78, 5) is 10.0. The van der Waals surface area contributed by atoms with Crippen LogP contribution in [-0.2, 0) is 4.79 Å². The van der Waals surface area contributed by atoms with Crippen molar-refractivity contribution < 1.29 is 14.4 Å². The fourth-order valence-corrected chi connectivity index (χ4v) is 0.431. The first-order valence-corrected chi connectivity index (χ1v) is 2.94. The van der Waals surface area contributed by atoms with Crippen LogP contribution in [-0.4, -0.2) is 43.2 Å². The molecule has 3 nitrogen and oxygen atoms in total. The standard InChI is InChI=1S/C6H13NO2/c1-7(2,3)5-4-6(8)9/h4-5H2,1-3H3/p+1/i1-1. The Labute approximate surface area is 55.5 Å². The van der Waals surface area contributed by atoms with E-state index in [4.69, 9.17) is 5.11 Å². The number of hydrogen-bond donors (Lipinski definition) is 1. The third-order valence-corrected chi connectivity index (χ3v) is 0.996. The van der Waals surface area contributed by atoms with E-state index < -0.39 is 5.97 Å². The van der Waals surface area contributed by atoms with Gasteiger partial charge in [0, 0.05) is 0 Å². The lowest BCUT2D eigenvalue weighted by Crippen LogP contribution is -2.36. The monoisotopic (exact) mass is 131 g/mol. The Morgan fingerprint density at radius 2 is 1.89 bits per heavy atom. The summed E-state index contributed by atoms with van der Waals surface area (Å²) in [6, 6.07) is 0. The second-order valence-electron chi connectivity index (χ2n) is 3.16. The van der Waals surface area contributed by atoms with Crippen LogP contribution in [0.3, 0.4) is 0 Å². The maximum Gasteiger partial charge on any atom is 0.309 e. The van der Waals surface area contributed by atoms with Crippen molar-refractivity contribution in [1.82, 2.24) is 0 Å². The van der Waals surface area contributed by atoms with Crippen LogP contribution < -0.4 is 0 Å². The summed E-state index contributed by atoms with van der Waals surface area (Å²) in [6.45, 7) is 0.690. The smallest absolute Gasteiger partial charge is 0.309 e. The zero-order chi connectivity index (χ0) is 7.49. The Morgan fingerprint density at radius 1 is 1.44 bits per heavy atom. The summed E-state index contributed by atoms with van der Waals surface area (Å²) < 4.78 is 0.715. The second-order valence-corrected chi connectivity index (χ2v) is 3.16. The van der Waals surface area contributed by atoms with E-state index in [9.17, 15) is 4.79 Å². The van der Waals surface area contributed by atoms with Gasteiger partial charge in [-0.05, 0) is 0 Å².